The van der Waals surface area contributed by atoms with Gasteiger partial charge < -0.3 is 5.11 Å². The normalized spacial score (nSPS) is 18.6. The Kier molecular flexibility index (Phi) is 6.17. The van der Waals surface area contributed by atoms with E-state index < -0.39 is 16.1 Å². The Morgan fingerprint density at radius 3 is 2.50 bits per heavy atom. The number of aliphatic hydroxyl groups is 1. The second-order valence-electron chi connectivity index (χ2n) is 6.07. The van der Waals surface area contributed by atoms with E-state index in [4.69, 9.17) is 0 Å². The van der Waals surface area contributed by atoms with Crippen LogP contribution < -0.4 is 4.72 Å². The fourth-order valence-corrected chi connectivity index (χ4v) is 3.62. The van der Waals surface area contributed by atoms with Gasteiger partial charge in [-0.3, -0.25) is 0 Å². The predicted molar refractivity (Wildman–Crippen MR) is 89.7 cm³/mol. The van der Waals surface area contributed by atoms with Gasteiger partial charge in [0, 0.05) is 12.0 Å². The predicted octanol–water partition coefficient (Wildman–Crippen LogP) is 2.83. The van der Waals surface area contributed by atoms with Crippen LogP contribution in [0, 0.1) is 12.8 Å². The highest BCUT2D eigenvalue weighted by Gasteiger charge is 2.22. The van der Waals surface area contributed by atoms with Gasteiger partial charge in [0.15, 0.2) is 0 Å². The summed E-state index contributed by atoms with van der Waals surface area (Å²) in [5, 5.41) is 11.3. The number of benzene rings is 1. The fraction of sp³-hybridized carbons (Fsp3) is 0.529. The second-order valence-corrected chi connectivity index (χ2v) is 7.72. The second kappa shape index (κ2) is 7.90. The van der Waals surface area contributed by atoms with Crippen molar-refractivity contribution in [1.29, 1.82) is 0 Å². The third-order valence-corrected chi connectivity index (χ3v) is 5.27. The molecule has 1 unspecified atom stereocenters. The Morgan fingerprint density at radius 2 is 1.86 bits per heavy atom. The summed E-state index contributed by atoms with van der Waals surface area (Å²) in [6.07, 6.45) is 6.42. The maximum absolute atomic E-state index is 11.9. The molecule has 1 aromatic carbocycles. The number of hydrogen-bond acceptors (Lipinski definition) is 3. The van der Waals surface area contributed by atoms with Crippen LogP contribution in [0.1, 0.15) is 43.2 Å². The lowest BCUT2D eigenvalue weighted by molar-refractivity contribution is 0.0889. The van der Waals surface area contributed by atoms with Crippen LogP contribution in [0.3, 0.4) is 0 Å². The van der Waals surface area contributed by atoms with E-state index in [2.05, 4.69) is 4.72 Å². The van der Waals surface area contributed by atoms with Crippen molar-refractivity contribution in [2.75, 3.05) is 6.54 Å². The number of nitrogens with one attached hydrogen (secondary N) is 1. The molecule has 1 fully saturated rings. The third kappa shape index (κ3) is 5.55. The number of hydrogen-bond donors (Lipinski definition) is 2. The van der Waals surface area contributed by atoms with Gasteiger partial charge in [-0.05, 0) is 37.3 Å². The minimum atomic E-state index is -3.51. The van der Waals surface area contributed by atoms with Crippen molar-refractivity contribution in [2.45, 2.75) is 45.1 Å². The highest BCUT2D eigenvalue weighted by molar-refractivity contribution is 7.92. The average molecular weight is 323 g/mol. The Balaban J connectivity index is 1.86. The van der Waals surface area contributed by atoms with Gasteiger partial charge in [0.05, 0.1) is 6.10 Å². The first kappa shape index (κ1) is 17.2. The van der Waals surface area contributed by atoms with Crippen LogP contribution >= 0.6 is 0 Å². The Labute approximate surface area is 133 Å². The van der Waals surface area contributed by atoms with Gasteiger partial charge in [-0.25, -0.2) is 13.1 Å². The van der Waals surface area contributed by atoms with Crippen molar-refractivity contribution < 1.29 is 13.5 Å². The number of aryl methyl sites for hydroxylation is 1. The van der Waals surface area contributed by atoms with Gasteiger partial charge in [0.1, 0.15) is 0 Å². The largest absolute Gasteiger partial charge is 0.391 e. The molecule has 0 aromatic heterocycles. The van der Waals surface area contributed by atoms with E-state index in [0.29, 0.717) is 0 Å². The molecule has 0 spiro atoms. The summed E-state index contributed by atoms with van der Waals surface area (Å²) in [7, 11) is -3.51. The maximum atomic E-state index is 11.9. The molecule has 1 atom stereocenters. The van der Waals surface area contributed by atoms with Gasteiger partial charge >= 0.3 is 0 Å². The van der Waals surface area contributed by atoms with Gasteiger partial charge in [0.25, 0.3) is 0 Å². The van der Waals surface area contributed by atoms with Gasteiger partial charge in [-0.15, -0.1) is 0 Å². The molecule has 2 rings (SSSR count). The maximum Gasteiger partial charge on any atom is 0.233 e. The molecule has 4 nitrogen and oxygen atoms in total. The molecule has 1 aliphatic rings. The van der Waals surface area contributed by atoms with Crippen LogP contribution in [-0.2, 0) is 10.0 Å². The van der Waals surface area contributed by atoms with Gasteiger partial charge in [-0.1, -0.05) is 49.1 Å². The Morgan fingerprint density at radius 1 is 1.23 bits per heavy atom. The lowest BCUT2D eigenvalue weighted by Gasteiger charge is -2.26. The molecule has 0 amide bonds. The molecule has 1 saturated carbocycles. The summed E-state index contributed by atoms with van der Waals surface area (Å²) in [6, 6.07) is 7.62. The summed E-state index contributed by atoms with van der Waals surface area (Å²) in [5.41, 5.74) is 1.97. The molecule has 0 aliphatic heterocycles. The van der Waals surface area contributed by atoms with Crippen molar-refractivity contribution in [1.82, 2.24) is 4.72 Å². The van der Waals surface area contributed by atoms with Crippen molar-refractivity contribution in [2.24, 2.45) is 5.92 Å². The van der Waals surface area contributed by atoms with Crippen LogP contribution in [-0.4, -0.2) is 26.2 Å². The lowest BCUT2D eigenvalue weighted by atomic mass is 9.85. The van der Waals surface area contributed by atoms with Crippen LogP contribution in [0.15, 0.2) is 29.7 Å². The fourth-order valence-electron chi connectivity index (χ4n) is 2.78. The van der Waals surface area contributed by atoms with Crippen LogP contribution in [0.4, 0.5) is 0 Å². The zero-order chi connectivity index (χ0) is 16.0. The van der Waals surface area contributed by atoms with E-state index in [0.717, 1.165) is 42.2 Å². The molecule has 1 aliphatic carbocycles. The number of rotatable bonds is 6. The summed E-state index contributed by atoms with van der Waals surface area (Å²) in [6.45, 7) is 2.07. The first-order valence-corrected chi connectivity index (χ1v) is 9.43. The number of sulfonamides is 1. The molecule has 0 heterocycles. The smallest absolute Gasteiger partial charge is 0.233 e. The standard InChI is InChI=1S/C17H25NO3S/c1-14-7-9-15(10-8-14)11-12-22(20,21)18-13-17(19)16-5-3-2-4-6-16/h7-12,16-19H,2-6,13H2,1H3/b12-11+. The summed E-state index contributed by atoms with van der Waals surface area (Å²) in [5.74, 6) is 0.220. The minimum absolute atomic E-state index is 0.0885. The minimum Gasteiger partial charge on any atom is -0.391 e. The summed E-state index contributed by atoms with van der Waals surface area (Å²) >= 11 is 0. The van der Waals surface area contributed by atoms with E-state index in [1.54, 1.807) is 6.08 Å². The zero-order valence-corrected chi connectivity index (χ0v) is 13.8. The van der Waals surface area contributed by atoms with Gasteiger partial charge in [0.2, 0.25) is 10.0 Å². The highest BCUT2D eigenvalue weighted by atomic mass is 32.2. The molecule has 0 bridgehead atoms. The lowest BCUT2D eigenvalue weighted by Crippen LogP contribution is -2.36. The topological polar surface area (TPSA) is 66.4 Å². The van der Waals surface area contributed by atoms with Crippen molar-refractivity contribution in [3.8, 4) is 0 Å². The summed E-state index contributed by atoms with van der Waals surface area (Å²) < 4.78 is 26.4. The van der Waals surface area contributed by atoms with E-state index in [-0.39, 0.29) is 12.5 Å². The van der Waals surface area contributed by atoms with Crippen molar-refractivity contribution >= 4 is 16.1 Å². The van der Waals surface area contributed by atoms with Crippen molar-refractivity contribution in [3.05, 3.63) is 40.8 Å². The molecule has 0 saturated heterocycles. The Bertz CT molecular complexity index is 587. The molecule has 5 heteroatoms. The SMILES string of the molecule is Cc1ccc(/C=C/S(=O)(=O)NCC(O)C2CCCCC2)cc1. The van der Waals surface area contributed by atoms with Crippen LogP contribution in [0.2, 0.25) is 0 Å². The van der Waals surface area contributed by atoms with Crippen molar-refractivity contribution in [3.63, 3.8) is 0 Å². The highest BCUT2D eigenvalue weighted by Crippen LogP contribution is 2.26. The van der Waals surface area contributed by atoms with Crippen LogP contribution in [0.5, 0.6) is 0 Å². The van der Waals surface area contributed by atoms with Crippen LogP contribution in [0.25, 0.3) is 6.08 Å². The molecule has 22 heavy (non-hydrogen) atoms. The van der Waals surface area contributed by atoms with E-state index in [1.165, 1.54) is 6.42 Å². The third-order valence-electron chi connectivity index (χ3n) is 4.20. The number of aliphatic hydroxyl groups excluding tert-OH is 1. The molecule has 122 valence electrons. The van der Waals surface area contributed by atoms with E-state index in [9.17, 15) is 13.5 Å². The van der Waals surface area contributed by atoms with E-state index in [1.807, 2.05) is 31.2 Å². The first-order chi connectivity index (χ1) is 10.5. The first-order valence-electron chi connectivity index (χ1n) is 7.89. The summed E-state index contributed by atoms with van der Waals surface area (Å²) in [4.78, 5) is 0. The molecular weight excluding hydrogens is 298 g/mol. The van der Waals surface area contributed by atoms with E-state index >= 15 is 0 Å². The monoisotopic (exact) mass is 323 g/mol. The Hall–Kier alpha value is -1.17. The molecular formula is C17H25NO3S. The zero-order valence-electron chi connectivity index (χ0n) is 13.0. The molecule has 2 N–H and O–H groups in total. The quantitative estimate of drug-likeness (QED) is 0.846. The van der Waals surface area contributed by atoms with Gasteiger partial charge in [-0.2, -0.15) is 0 Å². The average Bonchev–Trinajstić information content (AvgIpc) is 2.53. The molecule has 1 aromatic rings. The molecule has 0 radical (unpaired) electrons.